The van der Waals surface area contributed by atoms with Crippen LogP contribution in [0.5, 0.6) is 0 Å². The molecule has 0 aliphatic heterocycles. The van der Waals surface area contributed by atoms with Crippen LogP contribution in [0.1, 0.15) is 16.7 Å². The number of carbonyl (C=O) groups is 1. The molecular formula is C16H17NO2. The number of ether oxygens (including phenoxy) is 1. The molecule has 1 N–H and O–H groups in total. The van der Waals surface area contributed by atoms with Gasteiger partial charge in [-0.3, -0.25) is 5.32 Å². The molecule has 0 heterocycles. The fraction of sp³-hybridized carbons (Fsp3) is 0.188. The van der Waals surface area contributed by atoms with Crippen LogP contribution in [-0.4, -0.2) is 6.09 Å². The van der Waals surface area contributed by atoms with Crippen LogP contribution in [0.2, 0.25) is 0 Å². The number of amides is 1. The van der Waals surface area contributed by atoms with Crippen molar-refractivity contribution in [1.29, 1.82) is 0 Å². The minimum Gasteiger partial charge on any atom is -0.444 e. The third-order valence-electron chi connectivity index (χ3n) is 2.79. The number of rotatable bonds is 3. The molecule has 2 aromatic carbocycles. The summed E-state index contributed by atoms with van der Waals surface area (Å²) in [6, 6.07) is 15.5. The second kappa shape index (κ2) is 6.05. The summed E-state index contributed by atoms with van der Waals surface area (Å²) < 4.78 is 5.15. The molecule has 0 saturated carbocycles. The maximum absolute atomic E-state index is 11.6. The van der Waals surface area contributed by atoms with Crippen molar-refractivity contribution in [3.05, 3.63) is 65.2 Å². The van der Waals surface area contributed by atoms with Crippen molar-refractivity contribution >= 4 is 11.8 Å². The first-order valence-corrected chi connectivity index (χ1v) is 6.19. The number of nitrogens with one attached hydrogen (secondary N) is 1. The summed E-state index contributed by atoms with van der Waals surface area (Å²) in [5, 5.41) is 2.69. The number of benzene rings is 2. The van der Waals surface area contributed by atoms with Crippen molar-refractivity contribution in [2.75, 3.05) is 5.32 Å². The summed E-state index contributed by atoms with van der Waals surface area (Å²) in [6.07, 6.45) is -0.440. The second-order valence-electron chi connectivity index (χ2n) is 4.55. The predicted molar refractivity (Wildman–Crippen MR) is 76.2 cm³/mol. The van der Waals surface area contributed by atoms with E-state index in [0.717, 1.165) is 16.8 Å². The molecule has 0 radical (unpaired) electrons. The number of carbonyl (C=O) groups excluding carboxylic acids is 1. The number of hydrogen-bond donors (Lipinski definition) is 1. The van der Waals surface area contributed by atoms with Crippen LogP contribution in [0.3, 0.4) is 0 Å². The van der Waals surface area contributed by atoms with E-state index in [9.17, 15) is 4.79 Å². The van der Waals surface area contributed by atoms with E-state index >= 15 is 0 Å². The van der Waals surface area contributed by atoms with Gasteiger partial charge in [-0.15, -0.1) is 0 Å². The zero-order valence-corrected chi connectivity index (χ0v) is 11.1. The smallest absolute Gasteiger partial charge is 0.411 e. The van der Waals surface area contributed by atoms with Crippen molar-refractivity contribution in [2.45, 2.75) is 20.5 Å². The quantitative estimate of drug-likeness (QED) is 0.898. The molecule has 0 aromatic heterocycles. The first-order chi connectivity index (χ1) is 9.13. The summed E-state index contributed by atoms with van der Waals surface area (Å²) in [7, 11) is 0. The Kier molecular flexibility index (Phi) is 4.18. The van der Waals surface area contributed by atoms with Gasteiger partial charge in [-0.2, -0.15) is 0 Å². The maximum atomic E-state index is 11.6. The normalized spacial score (nSPS) is 10.0. The van der Waals surface area contributed by atoms with Crippen molar-refractivity contribution in [3.63, 3.8) is 0 Å². The first-order valence-electron chi connectivity index (χ1n) is 6.19. The van der Waals surface area contributed by atoms with Crippen molar-refractivity contribution in [3.8, 4) is 0 Å². The molecule has 0 bridgehead atoms. The van der Waals surface area contributed by atoms with Gasteiger partial charge in [0.05, 0.1) is 0 Å². The lowest BCUT2D eigenvalue weighted by Crippen LogP contribution is -2.13. The number of hydrogen-bond acceptors (Lipinski definition) is 2. The highest BCUT2D eigenvalue weighted by Crippen LogP contribution is 2.10. The standard InChI is InChI=1S/C16H17NO2/c1-12-3-7-14(8-4-12)11-19-16(18)17-15-9-5-13(2)6-10-15/h3-10H,11H2,1-2H3,(H,17,18). The van der Waals surface area contributed by atoms with Crippen molar-refractivity contribution < 1.29 is 9.53 Å². The fourth-order valence-corrected chi connectivity index (χ4v) is 1.62. The molecule has 1 amide bonds. The largest absolute Gasteiger partial charge is 0.444 e. The molecule has 0 fully saturated rings. The van der Waals surface area contributed by atoms with Crippen molar-refractivity contribution in [1.82, 2.24) is 0 Å². The zero-order chi connectivity index (χ0) is 13.7. The molecule has 0 saturated heterocycles. The lowest BCUT2D eigenvalue weighted by molar-refractivity contribution is 0.155. The van der Waals surface area contributed by atoms with Gasteiger partial charge in [0.1, 0.15) is 6.61 Å². The third kappa shape index (κ3) is 4.14. The highest BCUT2D eigenvalue weighted by atomic mass is 16.5. The molecule has 0 aliphatic rings. The fourth-order valence-electron chi connectivity index (χ4n) is 1.62. The molecule has 98 valence electrons. The molecule has 2 rings (SSSR count). The Bertz CT molecular complexity index is 544. The molecule has 0 aliphatic carbocycles. The summed E-state index contributed by atoms with van der Waals surface area (Å²) in [4.78, 5) is 11.6. The van der Waals surface area contributed by atoms with Crippen LogP contribution in [0.15, 0.2) is 48.5 Å². The van der Waals surface area contributed by atoms with Gasteiger partial charge in [0, 0.05) is 5.69 Å². The summed E-state index contributed by atoms with van der Waals surface area (Å²) in [5.74, 6) is 0. The molecule has 3 heteroatoms. The van der Waals surface area contributed by atoms with E-state index in [4.69, 9.17) is 4.74 Å². The lowest BCUT2D eigenvalue weighted by Gasteiger charge is -2.07. The van der Waals surface area contributed by atoms with Crippen LogP contribution >= 0.6 is 0 Å². The zero-order valence-electron chi connectivity index (χ0n) is 11.1. The van der Waals surface area contributed by atoms with E-state index in [1.165, 1.54) is 5.56 Å². The van der Waals surface area contributed by atoms with E-state index in [0.29, 0.717) is 0 Å². The molecule has 0 atom stereocenters. The summed E-state index contributed by atoms with van der Waals surface area (Å²) >= 11 is 0. The Morgan fingerprint density at radius 1 is 0.947 bits per heavy atom. The highest BCUT2D eigenvalue weighted by molar-refractivity contribution is 5.84. The second-order valence-corrected chi connectivity index (χ2v) is 4.55. The molecular weight excluding hydrogens is 238 g/mol. The van der Waals surface area contributed by atoms with Crippen LogP contribution < -0.4 is 5.32 Å². The topological polar surface area (TPSA) is 38.3 Å². The van der Waals surface area contributed by atoms with Crippen LogP contribution in [0, 0.1) is 13.8 Å². The Labute approximate surface area is 113 Å². The van der Waals surface area contributed by atoms with Gasteiger partial charge in [0.15, 0.2) is 0 Å². The average Bonchev–Trinajstić information content (AvgIpc) is 2.41. The van der Waals surface area contributed by atoms with E-state index < -0.39 is 6.09 Å². The Morgan fingerprint density at radius 3 is 2.05 bits per heavy atom. The lowest BCUT2D eigenvalue weighted by atomic mass is 10.2. The third-order valence-corrected chi connectivity index (χ3v) is 2.79. The minimum absolute atomic E-state index is 0.276. The van der Waals surface area contributed by atoms with Gasteiger partial charge < -0.3 is 4.74 Å². The van der Waals surface area contributed by atoms with E-state index in [1.54, 1.807) is 0 Å². The van der Waals surface area contributed by atoms with Gasteiger partial charge in [-0.05, 0) is 31.5 Å². The van der Waals surface area contributed by atoms with Gasteiger partial charge in [-0.25, -0.2) is 4.79 Å². The molecule has 2 aromatic rings. The number of anilines is 1. The molecule has 3 nitrogen and oxygen atoms in total. The van der Waals surface area contributed by atoms with Gasteiger partial charge in [0.2, 0.25) is 0 Å². The van der Waals surface area contributed by atoms with E-state index in [-0.39, 0.29) is 6.61 Å². The van der Waals surface area contributed by atoms with Crippen LogP contribution in [-0.2, 0) is 11.3 Å². The Balaban J connectivity index is 1.84. The Morgan fingerprint density at radius 2 is 1.47 bits per heavy atom. The van der Waals surface area contributed by atoms with Gasteiger partial charge >= 0.3 is 6.09 Å². The minimum atomic E-state index is -0.440. The van der Waals surface area contributed by atoms with Crippen molar-refractivity contribution in [2.24, 2.45) is 0 Å². The predicted octanol–water partition coefficient (Wildman–Crippen LogP) is 4.05. The van der Waals surface area contributed by atoms with Crippen LogP contribution in [0.4, 0.5) is 10.5 Å². The van der Waals surface area contributed by atoms with Crippen LogP contribution in [0.25, 0.3) is 0 Å². The summed E-state index contributed by atoms with van der Waals surface area (Å²) in [6.45, 7) is 4.30. The van der Waals surface area contributed by atoms with Gasteiger partial charge in [-0.1, -0.05) is 47.5 Å². The molecule has 19 heavy (non-hydrogen) atoms. The van der Waals surface area contributed by atoms with Gasteiger partial charge in [0.25, 0.3) is 0 Å². The molecule has 0 unspecified atom stereocenters. The Hall–Kier alpha value is -2.29. The first kappa shape index (κ1) is 13.1. The van der Waals surface area contributed by atoms with E-state index in [2.05, 4.69) is 5.32 Å². The maximum Gasteiger partial charge on any atom is 0.411 e. The molecule has 0 spiro atoms. The average molecular weight is 255 g/mol. The van der Waals surface area contributed by atoms with E-state index in [1.807, 2.05) is 62.4 Å². The monoisotopic (exact) mass is 255 g/mol. The SMILES string of the molecule is Cc1ccc(COC(=O)Nc2ccc(C)cc2)cc1. The number of aryl methyl sites for hydroxylation is 2. The highest BCUT2D eigenvalue weighted by Gasteiger charge is 2.03. The summed E-state index contributed by atoms with van der Waals surface area (Å²) in [5.41, 5.74) is 4.05.